The average molecular weight is 347 g/mol. The summed E-state index contributed by atoms with van der Waals surface area (Å²) in [6, 6.07) is 5.00. The Balaban J connectivity index is 2.21. The summed E-state index contributed by atoms with van der Waals surface area (Å²) in [5.74, 6) is 0.633. The Bertz CT molecular complexity index is 823. The number of Topliss-reactive ketones (excluding diaryl/α,β-unsaturated/α-hetero) is 1. The third-order valence-corrected chi connectivity index (χ3v) is 4.41. The number of nitrogens with zero attached hydrogens (tertiary/aromatic N) is 2. The van der Waals surface area contributed by atoms with Crippen molar-refractivity contribution in [3.05, 3.63) is 51.0 Å². The second-order valence-corrected chi connectivity index (χ2v) is 6.36. The molecule has 108 valence electrons. The first-order valence-electron chi connectivity index (χ1n) is 6.85. The molecule has 1 saturated carbocycles. The van der Waals surface area contributed by atoms with Crippen LogP contribution in [0.5, 0.6) is 0 Å². The molecule has 0 spiro atoms. The zero-order valence-electron chi connectivity index (χ0n) is 11.7. The van der Waals surface area contributed by atoms with E-state index in [4.69, 9.17) is 0 Å². The summed E-state index contributed by atoms with van der Waals surface area (Å²) in [4.78, 5) is 29.5. The van der Waals surface area contributed by atoms with E-state index in [1.165, 1.54) is 0 Å². The molecule has 0 saturated heterocycles. The van der Waals surface area contributed by atoms with Crippen LogP contribution in [0, 0.1) is 6.92 Å². The van der Waals surface area contributed by atoms with Crippen molar-refractivity contribution in [3.63, 3.8) is 0 Å². The Kier molecular flexibility index (Phi) is 3.53. The zero-order valence-corrected chi connectivity index (χ0v) is 13.3. The smallest absolute Gasteiger partial charge is 0.262 e. The van der Waals surface area contributed by atoms with Gasteiger partial charge >= 0.3 is 0 Å². The minimum atomic E-state index is -0.418. The molecule has 1 fully saturated rings. The third-order valence-electron chi connectivity index (χ3n) is 3.92. The number of aromatic nitrogens is 2. The molecule has 3 rings (SSSR count). The van der Waals surface area contributed by atoms with E-state index >= 15 is 0 Å². The maximum Gasteiger partial charge on any atom is 0.262 e. The van der Waals surface area contributed by atoms with Crippen LogP contribution < -0.4 is 5.56 Å². The van der Waals surface area contributed by atoms with Crippen molar-refractivity contribution in [1.82, 2.24) is 9.55 Å². The standard InChI is InChI=1S/C16H15BrN2O2/c1-9-3-6-14(15(20)7-9)19-10(2)18-13-5-4-11(17)8-12(13)16(19)21/h4-5,8,14H,1,3,6-7H2,2H3. The molecular formula is C16H15BrN2O2. The number of ketones is 1. The van der Waals surface area contributed by atoms with Gasteiger partial charge in [0.15, 0.2) is 5.78 Å². The van der Waals surface area contributed by atoms with Gasteiger partial charge < -0.3 is 0 Å². The lowest BCUT2D eigenvalue weighted by Gasteiger charge is -2.25. The fourth-order valence-electron chi connectivity index (χ4n) is 2.88. The Hall–Kier alpha value is -1.75. The monoisotopic (exact) mass is 346 g/mol. The van der Waals surface area contributed by atoms with Crippen molar-refractivity contribution in [3.8, 4) is 0 Å². The second kappa shape index (κ2) is 5.22. The van der Waals surface area contributed by atoms with E-state index in [1.807, 2.05) is 12.1 Å². The van der Waals surface area contributed by atoms with Gasteiger partial charge in [-0.1, -0.05) is 28.1 Å². The van der Waals surface area contributed by atoms with Crippen LogP contribution in [-0.4, -0.2) is 15.3 Å². The highest BCUT2D eigenvalue weighted by Gasteiger charge is 2.28. The Morgan fingerprint density at radius 1 is 1.38 bits per heavy atom. The van der Waals surface area contributed by atoms with Crippen molar-refractivity contribution >= 4 is 32.6 Å². The topological polar surface area (TPSA) is 52.0 Å². The number of rotatable bonds is 1. The van der Waals surface area contributed by atoms with Gasteiger partial charge in [0.2, 0.25) is 0 Å². The Morgan fingerprint density at radius 2 is 2.14 bits per heavy atom. The van der Waals surface area contributed by atoms with E-state index in [9.17, 15) is 9.59 Å². The molecule has 0 amide bonds. The predicted molar refractivity (Wildman–Crippen MR) is 85.5 cm³/mol. The van der Waals surface area contributed by atoms with Gasteiger partial charge in [-0.05, 0) is 38.0 Å². The first kappa shape index (κ1) is 14.2. The van der Waals surface area contributed by atoms with Crippen molar-refractivity contribution in [1.29, 1.82) is 0 Å². The number of carbonyl (C=O) groups excluding carboxylic acids is 1. The van der Waals surface area contributed by atoms with Crippen LogP contribution >= 0.6 is 15.9 Å². The third kappa shape index (κ3) is 2.46. The van der Waals surface area contributed by atoms with E-state index in [-0.39, 0.29) is 11.3 Å². The van der Waals surface area contributed by atoms with Gasteiger partial charge in [0.05, 0.1) is 16.9 Å². The molecule has 1 atom stereocenters. The lowest BCUT2D eigenvalue weighted by Crippen LogP contribution is -2.34. The molecule has 4 nitrogen and oxygen atoms in total. The fourth-order valence-corrected chi connectivity index (χ4v) is 3.24. The zero-order chi connectivity index (χ0) is 15.1. The molecule has 0 bridgehead atoms. The molecule has 1 aromatic carbocycles. The van der Waals surface area contributed by atoms with Gasteiger partial charge in [0, 0.05) is 10.9 Å². The lowest BCUT2D eigenvalue weighted by molar-refractivity contribution is -0.122. The van der Waals surface area contributed by atoms with Crippen LogP contribution in [0.25, 0.3) is 10.9 Å². The summed E-state index contributed by atoms with van der Waals surface area (Å²) < 4.78 is 2.37. The molecule has 1 heterocycles. The van der Waals surface area contributed by atoms with Crippen LogP contribution in [0.2, 0.25) is 0 Å². The molecule has 0 radical (unpaired) electrons. The number of aryl methyl sites for hydroxylation is 1. The number of hydrogen-bond donors (Lipinski definition) is 0. The number of halogens is 1. The molecule has 21 heavy (non-hydrogen) atoms. The van der Waals surface area contributed by atoms with Crippen LogP contribution in [0.1, 0.15) is 31.1 Å². The first-order chi connectivity index (χ1) is 9.97. The van der Waals surface area contributed by atoms with Gasteiger partial charge in [-0.25, -0.2) is 4.98 Å². The molecule has 1 aliphatic carbocycles. The summed E-state index contributed by atoms with van der Waals surface area (Å²) in [5, 5.41) is 0.534. The van der Waals surface area contributed by atoms with Crippen LogP contribution in [-0.2, 0) is 4.79 Å². The number of allylic oxidation sites excluding steroid dienone is 1. The van der Waals surface area contributed by atoms with Gasteiger partial charge in [0.25, 0.3) is 5.56 Å². The summed E-state index contributed by atoms with van der Waals surface area (Å²) in [5.41, 5.74) is 1.45. The number of carbonyl (C=O) groups is 1. The van der Waals surface area contributed by atoms with Gasteiger partial charge in [0.1, 0.15) is 5.82 Å². The summed E-state index contributed by atoms with van der Waals surface area (Å²) in [6.45, 7) is 5.65. The second-order valence-electron chi connectivity index (χ2n) is 5.44. The summed E-state index contributed by atoms with van der Waals surface area (Å²) in [7, 11) is 0. The van der Waals surface area contributed by atoms with Gasteiger partial charge in [-0.15, -0.1) is 0 Å². The SMILES string of the molecule is C=C1CCC(n2c(C)nc3ccc(Br)cc3c2=O)C(=O)C1. The molecule has 5 heteroatoms. The van der Waals surface area contributed by atoms with Gasteiger partial charge in [-0.3, -0.25) is 14.2 Å². The lowest BCUT2D eigenvalue weighted by atomic mass is 9.90. The van der Waals surface area contributed by atoms with Crippen LogP contribution in [0.4, 0.5) is 0 Å². The quantitative estimate of drug-likeness (QED) is 0.744. The number of benzene rings is 1. The molecule has 1 aromatic heterocycles. The Morgan fingerprint density at radius 3 is 2.86 bits per heavy atom. The number of fused-ring (bicyclic) bond motifs is 1. The molecule has 0 aliphatic heterocycles. The normalized spacial score (nSPS) is 19.2. The van der Waals surface area contributed by atoms with E-state index < -0.39 is 6.04 Å². The van der Waals surface area contributed by atoms with Crippen molar-refractivity contribution < 1.29 is 4.79 Å². The largest absolute Gasteiger partial charge is 0.297 e. The van der Waals surface area contributed by atoms with Crippen molar-refractivity contribution in [2.45, 2.75) is 32.2 Å². The first-order valence-corrected chi connectivity index (χ1v) is 7.64. The van der Waals surface area contributed by atoms with E-state index in [0.29, 0.717) is 29.6 Å². The molecule has 2 aromatic rings. The highest BCUT2D eigenvalue weighted by Crippen LogP contribution is 2.28. The molecule has 0 N–H and O–H groups in total. The summed E-state index contributed by atoms with van der Waals surface area (Å²) >= 11 is 3.37. The minimum Gasteiger partial charge on any atom is -0.297 e. The van der Waals surface area contributed by atoms with E-state index in [0.717, 1.165) is 16.5 Å². The van der Waals surface area contributed by atoms with Crippen LogP contribution in [0.15, 0.2) is 39.6 Å². The van der Waals surface area contributed by atoms with Gasteiger partial charge in [-0.2, -0.15) is 0 Å². The fraction of sp³-hybridized carbons (Fsp3) is 0.312. The summed E-state index contributed by atoms with van der Waals surface area (Å²) in [6.07, 6.45) is 1.76. The average Bonchev–Trinajstić information content (AvgIpc) is 2.42. The van der Waals surface area contributed by atoms with Crippen molar-refractivity contribution in [2.75, 3.05) is 0 Å². The minimum absolute atomic E-state index is 0.0487. The highest BCUT2D eigenvalue weighted by molar-refractivity contribution is 9.10. The molecule has 1 unspecified atom stereocenters. The number of hydrogen-bond acceptors (Lipinski definition) is 3. The maximum atomic E-state index is 12.8. The van der Waals surface area contributed by atoms with Crippen molar-refractivity contribution in [2.24, 2.45) is 0 Å². The maximum absolute atomic E-state index is 12.8. The molecular weight excluding hydrogens is 332 g/mol. The van der Waals surface area contributed by atoms with E-state index in [1.54, 1.807) is 17.6 Å². The van der Waals surface area contributed by atoms with E-state index in [2.05, 4.69) is 27.5 Å². The van der Waals surface area contributed by atoms with Crippen LogP contribution in [0.3, 0.4) is 0 Å². The molecule has 1 aliphatic rings. The Labute approximate surface area is 130 Å². The highest BCUT2D eigenvalue weighted by atomic mass is 79.9. The predicted octanol–water partition coefficient (Wildman–Crippen LogP) is 3.32.